The van der Waals surface area contributed by atoms with Crippen LogP contribution in [0.2, 0.25) is 0 Å². The van der Waals surface area contributed by atoms with E-state index in [1.165, 1.54) is 0 Å². The summed E-state index contributed by atoms with van der Waals surface area (Å²) >= 11 is 0. The van der Waals surface area contributed by atoms with E-state index in [0.29, 0.717) is 19.1 Å². The monoisotopic (exact) mass is 235 g/mol. The Bertz CT molecular complexity index is 378. The lowest BCUT2D eigenvalue weighted by Crippen LogP contribution is -2.17. The molecule has 2 N–H and O–H groups in total. The van der Waals surface area contributed by atoms with Crippen LogP contribution in [0.5, 0.6) is 11.5 Å². The molecule has 1 aromatic carbocycles. The number of hydrogen-bond acceptors (Lipinski definition) is 3. The second kappa shape index (κ2) is 5.41. The van der Waals surface area contributed by atoms with E-state index in [-0.39, 0.29) is 6.04 Å². The molecule has 0 radical (unpaired) electrons. The van der Waals surface area contributed by atoms with Gasteiger partial charge >= 0.3 is 0 Å². The van der Waals surface area contributed by atoms with Crippen LogP contribution in [0.3, 0.4) is 0 Å². The zero-order chi connectivity index (χ0) is 12.3. The van der Waals surface area contributed by atoms with Crippen molar-refractivity contribution in [2.24, 2.45) is 11.7 Å². The topological polar surface area (TPSA) is 44.5 Å². The van der Waals surface area contributed by atoms with Gasteiger partial charge in [0.05, 0.1) is 0 Å². The Kier molecular flexibility index (Phi) is 3.89. The van der Waals surface area contributed by atoms with Gasteiger partial charge in [-0.2, -0.15) is 0 Å². The van der Waals surface area contributed by atoms with Crippen molar-refractivity contribution in [2.45, 2.75) is 32.7 Å². The Morgan fingerprint density at radius 3 is 2.65 bits per heavy atom. The molecular weight excluding hydrogens is 214 g/mol. The summed E-state index contributed by atoms with van der Waals surface area (Å²) in [5.74, 6) is 2.31. The predicted octanol–water partition coefficient (Wildman–Crippen LogP) is 2.89. The normalized spacial score (nSPS) is 17.6. The number of nitrogens with two attached hydrogens (primary N) is 1. The van der Waals surface area contributed by atoms with E-state index in [4.69, 9.17) is 15.2 Å². The zero-order valence-electron chi connectivity index (χ0n) is 10.6. The Morgan fingerprint density at radius 1 is 1.24 bits per heavy atom. The second-order valence-corrected chi connectivity index (χ2v) is 4.76. The smallest absolute Gasteiger partial charge is 0.161 e. The van der Waals surface area contributed by atoms with E-state index in [9.17, 15) is 0 Å². The first-order chi connectivity index (χ1) is 8.20. The molecule has 1 aliphatic rings. The van der Waals surface area contributed by atoms with Crippen molar-refractivity contribution < 1.29 is 9.47 Å². The number of rotatable bonds is 4. The van der Waals surface area contributed by atoms with E-state index < -0.39 is 0 Å². The fourth-order valence-electron chi connectivity index (χ4n) is 2.03. The third-order valence-corrected chi connectivity index (χ3v) is 3.35. The number of fused-ring (bicyclic) bond motifs is 1. The van der Waals surface area contributed by atoms with Gasteiger partial charge in [0.2, 0.25) is 0 Å². The minimum absolute atomic E-state index is 0.0841. The maximum atomic E-state index is 6.21. The fourth-order valence-corrected chi connectivity index (χ4v) is 2.03. The lowest BCUT2D eigenvalue weighted by atomic mass is 9.95. The van der Waals surface area contributed by atoms with E-state index >= 15 is 0 Å². The first kappa shape index (κ1) is 12.2. The summed E-state index contributed by atoms with van der Waals surface area (Å²) in [7, 11) is 0. The average Bonchev–Trinajstić information content (AvgIpc) is 2.38. The van der Waals surface area contributed by atoms with Gasteiger partial charge in [0.15, 0.2) is 11.5 Å². The average molecular weight is 235 g/mol. The summed E-state index contributed by atoms with van der Waals surface area (Å²) in [6, 6.07) is 6.10. The van der Waals surface area contributed by atoms with Crippen molar-refractivity contribution in [3.05, 3.63) is 23.8 Å². The molecule has 0 aliphatic carbocycles. The van der Waals surface area contributed by atoms with Crippen LogP contribution in [0, 0.1) is 5.92 Å². The number of ether oxygens (including phenoxy) is 2. The van der Waals surface area contributed by atoms with E-state index in [0.717, 1.165) is 29.9 Å². The maximum Gasteiger partial charge on any atom is 0.161 e. The molecule has 1 heterocycles. The highest BCUT2D eigenvalue weighted by Gasteiger charge is 2.15. The Balaban J connectivity index is 2.10. The van der Waals surface area contributed by atoms with Crippen molar-refractivity contribution in [3.8, 4) is 11.5 Å². The van der Waals surface area contributed by atoms with Crippen molar-refractivity contribution in [1.82, 2.24) is 0 Å². The van der Waals surface area contributed by atoms with Gasteiger partial charge in [-0.15, -0.1) is 0 Å². The van der Waals surface area contributed by atoms with Crippen LogP contribution in [-0.2, 0) is 0 Å². The van der Waals surface area contributed by atoms with Crippen LogP contribution in [-0.4, -0.2) is 13.2 Å². The molecule has 1 aromatic rings. The minimum atomic E-state index is 0.0841. The zero-order valence-corrected chi connectivity index (χ0v) is 10.6. The van der Waals surface area contributed by atoms with Crippen LogP contribution in [0.4, 0.5) is 0 Å². The third-order valence-electron chi connectivity index (χ3n) is 3.35. The maximum absolute atomic E-state index is 6.21. The van der Waals surface area contributed by atoms with Gasteiger partial charge in [-0.25, -0.2) is 0 Å². The van der Waals surface area contributed by atoms with Crippen LogP contribution in [0.1, 0.15) is 38.3 Å². The molecule has 0 saturated heterocycles. The Labute approximate surface area is 103 Å². The summed E-state index contributed by atoms with van der Waals surface area (Å²) in [4.78, 5) is 0. The minimum Gasteiger partial charge on any atom is -0.486 e. The first-order valence-electron chi connectivity index (χ1n) is 6.35. The molecule has 0 bridgehead atoms. The van der Waals surface area contributed by atoms with Crippen molar-refractivity contribution in [1.29, 1.82) is 0 Å². The number of benzene rings is 1. The molecule has 2 rings (SSSR count). The largest absolute Gasteiger partial charge is 0.486 e. The van der Waals surface area contributed by atoms with E-state index in [2.05, 4.69) is 13.8 Å². The molecule has 0 fully saturated rings. The van der Waals surface area contributed by atoms with Gasteiger partial charge in [0.25, 0.3) is 0 Å². The Hall–Kier alpha value is -1.22. The van der Waals surface area contributed by atoms with Crippen LogP contribution < -0.4 is 15.2 Å². The van der Waals surface area contributed by atoms with Gasteiger partial charge in [0, 0.05) is 6.04 Å². The predicted molar refractivity (Wildman–Crippen MR) is 68.4 cm³/mol. The molecule has 2 unspecified atom stereocenters. The molecular formula is C14H21NO2. The standard InChI is InChI=1S/C14H21NO2/c1-3-10(2)8-12(15)11-4-5-13-14(9-11)17-7-6-16-13/h4-5,9-10,12H,3,6-8,15H2,1-2H3. The van der Waals surface area contributed by atoms with Crippen LogP contribution in [0.25, 0.3) is 0 Å². The van der Waals surface area contributed by atoms with Crippen LogP contribution >= 0.6 is 0 Å². The summed E-state index contributed by atoms with van der Waals surface area (Å²) in [5, 5.41) is 0. The molecule has 2 atom stereocenters. The fraction of sp³-hybridized carbons (Fsp3) is 0.571. The summed E-state index contributed by atoms with van der Waals surface area (Å²) in [6.45, 7) is 5.68. The van der Waals surface area contributed by atoms with Gasteiger partial charge in [-0.05, 0) is 30.0 Å². The van der Waals surface area contributed by atoms with Gasteiger partial charge in [-0.3, -0.25) is 0 Å². The molecule has 0 aromatic heterocycles. The summed E-state index contributed by atoms with van der Waals surface area (Å²) in [5.41, 5.74) is 7.34. The SMILES string of the molecule is CCC(C)CC(N)c1ccc2c(c1)OCCO2. The van der Waals surface area contributed by atoms with E-state index in [1.54, 1.807) is 0 Å². The highest BCUT2D eigenvalue weighted by atomic mass is 16.6. The van der Waals surface area contributed by atoms with Crippen molar-refractivity contribution in [3.63, 3.8) is 0 Å². The van der Waals surface area contributed by atoms with Crippen molar-refractivity contribution in [2.75, 3.05) is 13.2 Å². The molecule has 1 aliphatic heterocycles. The first-order valence-corrected chi connectivity index (χ1v) is 6.35. The Morgan fingerprint density at radius 2 is 1.94 bits per heavy atom. The second-order valence-electron chi connectivity index (χ2n) is 4.76. The molecule has 3 heteroatoms. The highest BCUT2D eigenvalue weighted by Crippen LogP contribution is 2.33. The molecule has 94 valence electrons. The van der Waals surface area contributed by atoms with Gasteiger partial charge in [-0.1, -0.05) is 26.3 Å². The van der Waals surface area contributed by atoms with Crippen molar-refractivity contribution >= 4 is 0 Å². The molecule has 0 amide bonds. The quantitative estimate of drug-likeness (QED) is 0.872. The molecule has 3 nitrogen and oxygen atoms in total. The van der Waals surface area contributed by atoms with Gasteiger partial charge < -0.3 is 15.2 Å². The van der Waals surface area contributed by atoms with Gasteiger partial charge in [0.1, 0.15) is 13.2 Å². The molecule has 0 saturated carbocycles. The highest BCUT2D eigenvalue weighted by molar-refractivity contribution is 5.44. The molecule has 0 spiro atoms. The third kappa shape index (κ3) is 2.91. The lowest BCUT2D eigenvalue weighted by Gasteiger charge is -2.21. The number of hydrogen-bond donors (Lipinski definition) is 1. The van der Waals surface area contributed by atoms with Crippen LogP contribution in [0.15, 0.2) is 18.2 Å². The molecule has 17 heavy (non-hydrogen) atoms. The summed E-state index contributed by atoms with van der Waals surface area (Å²) < 4.78 is 11.1. The lowest BCUT2D eigenvalue weighted by molar-refractivity contribution is 0.171. The summed E-state index contributed by atoms with van der Waals surface area (Å²) in [6.07, 6.45) is 2.17. The van der Waals surface area contributed by atoms with E-state index in [1.807, 2.05) is 18.2 Å².